The first-order chi connectivity index (χ1) is 31.4. The van der Waals surface area contributed by atoms with Gasteiger partial charge in [0.15, 0.2) is 5.82 Å². The predicted molar refractivity (Wildman–Crippen MR) is 243 cm³/mol. The molecule has 1 aliphatic carbocycles. The number of benzene rings is 6. The Balaban J connectivity index is 1.09. The number of ether oxygens (including phenoxy) is 4. The van der Waals surface area contributed by atoms with Gasteiger partial charge in [0, 0.05) is 12.5 Å². The maximum absolute atomic E-state index is 13.9. The molecule has 2 heterocycles. The fourth-order valence-corrected chi connectivity index (χ4v) is 8.85. The highest BCUT2D eigenvalue weighted by Crippen LogP contribution is 2.44. The number of imidazole rings is 1. The number of hydrogen-bond donors (Lipinski definition) is 0. The minimum absolute atomic E-state index is 0.192. The van der Waals surface area contributed by atoms with Crippen molar-refractivity contribution in [2.24, 2.45) is 0 Å². The predicted octanol–water partition coefficient (Wildman–Crippen LogP) is 10.9. The molecule has 8 aromatic rings. The topological polar surface area (TPSA) is 132 Å². The van der Waals surface area contributed by atoms with Crippen molar-refractivity contribution in [1.82, 2.24) is 29.8 Å². The van der Waals surface area contributed by atoms with E-state index < -0.39 is 24.0 Å². The minimum Gasteiger partial charge on any atom is -0.465 e. The zero-order chi connectivity index (χ0) is 44.0. The summed E-state index contributed by atoms with van der Waals surface area (Å²) in [5.74, 6) is -0.109. The Morgan fingerprint density at radius 3 is 1.92 bits per heavy atom. The first kappa shape index (κ1) is 41.7. The van der Waals surface area contributed by atoms with Gasteiger partial charge in [-0.1, -0.05) is 140 Å². The molecule has 0 amide bonds. The molecule has 0 spiro atoms. The van der Waals surface area contributed by atoms with Crippen LogP contribution in [-0.4, -0.2) is 60.9 Å². The normalized spacial score (nSPS) is 13.6. The third-order valence-electron chi connectivity index (χ3n) is 11.8. The molecule has 12 heteroatoms. The van der Waals surface area contributed by atoms with Gasteiger partial charge >= 0.3 is 18.1 Å². The third-order valence-corrected chi connectivity index (χ3v) is 11.8. The van der Waals surface area contributed by atoms with E-state index in [1.54, 1.807) is 6.07 Å². The van der Waals surface area contributed by atoms with Crippen LogP contribution in [0.1, 0.15) is 78.6 Å². The number of esters is 1. The quantitative estimate of drug-likeness (QED) is 0.0627. The monoisotopic (exact) mass is 852 g/mol. The molecule has 9 rings (SSSR count). The lowest BCUT2D eigenvalue weighted by Gasteiger charge is -2.36. The van der Waals surface area contributed by atoms with E-state index in [9.17, 15) is 9.59 Å². The SMILES string of the molecule is CCOc1nc2c(C)ccc(C(=O)OC(C)OC(=O)OC3CCCCC3)c2n1-c1ccc(-c2ccccc2-c2nnnn2C(c2ccccc2)(c2ccccc2)c2ccccc2)cc1. The number of rotatable bonds is 13. The van der Waals surface area contributed by atoms with E-state index in [2.05, 4.69) is 47.7 Å². The van der Waals surface area contributed by atoms with Crippen molar-refractivity contribution in [3.05, 3.63) is 179 Å². The van der Waals surface area contributed by atoms with Crippen molar-refractivity contribution < 1.29 is 28.5 Å². The number of fused-ring (bicyclic) bond motifs is 1. The van der Waals surface area contributed by atoms with Crippen LogP contribution in [0.2, 0.25) is 0 Å². The molecule has 0 aliphatic heterocycles. The number of tetrazole rings is 1. The third kappa shape index (κ3) is 7.98. The Hall–Kier alpha value is -7.60. The molecule has 322 valence electrons. The van der Waals surface area contributed by atoms with E-state index >= 15 is 0 Å². The van der Waals surface area contributed by atoms with Crippen LogP contribution < -0.4 is 4.74 Å². The molecule has 64 heavy (non-hydrogen) atoms. The van der Waals surface area contributed by atoms with Crippen molar-refractivity contribution in [3.8, 4) is 34.2 Å². The average molecular weight is 853 g/mol. The number of hydrogen-bond acceptors (Lipinski definition) is 10. The molecule has 0 saturated heterocycles. The molecule has 1 fully saturated rings. The number of carbonyl (C=O) groups excluding carboxylic acids is 2. The second-order valence-electron chi connectivity index (χ2n) is 15.8. The summed E-state index contributed by atoms with van der Waals surface area (Å²) in [5, 5.41) is 13.8. The summed E-state index contributed by atoms with van der Waals surface area (Å²) in [6.07, 6.45) is 2.47. The Morgan fingerprint density at radius 1 is 0.719 bits per heavy atom. The molecular formula is C52H48N6O6. The van der Waals surface area contributed by atoms with Gasteiger partial charge in [0.05, 0.1) is 28.9 Å². The summed E-state index contributed by atoms with van der Waals surface area (Å²) in [4.78, 5) is 31.3. The Morgan fingerprint density at radius 2 is 1.31 bits per heavy atom. The molecule has 1 saturated carbocycles. The van der Waals surface area contributed by atoms with Gasteiger partial charge in [0.25, 0.3) is 0 Å². The van der Waals surface area contributed by atoms with E-state index in [1.165, 1.54) is 6.92 Å². The average Bonchev–Trinajstić information content (AvgIpc) is 3.97. The summed E-state index contributed by atoms with van der Waals surface area (Å²) < 4.78 is 26.4. The molecule has 12 nitrogen and oxygen atoms in total. The van der Waals surface area contributed by atoms with Crippen LogP contribution in [0.25, 0.3) is 39.2 Å². The minimum atomic E-state index is -1.19. The van der Waals surface area contributed by atoms with Crippen molar-refractivity contribution in [2.75, 3.05) is 6.61 Å². The first-order valence-electron chi connectivity index (χ1n) is 21.8. The first-order valence-corrected chi connectivity index (χ1v) is 21.8. The number of aromatic nitrogens is 6. The fourth-order valence-electron chi connectivity index (χ4n) is 8.85. The van der Waals surface area contributed by atoms with Gasteiger partial charge in [-0.05, 0) is 102 Å². The molecule has 0 N–H and O–H groups in total. The van der Waals surface area contributed by atoms with Crippen LogP contribution in [-0.2, 0) is 19.7 Å². The summed E-state index contributed by atoms with van der Waals surface area (Å²) >= 11 is 0. The molecule has 1 aliphatic rings. The van der Waals surface area contributed by atoms with Crippen LogP contribution in [0, 0.1) is 6.92 Å². The van der Waals surface area contributed by atoms with E-state index in [0.717, 1.165) is 71.0 Å². The van der Waals surface area contributed by atoms with Gasteiger partial charge in [-0.2, -0.15) is 4.98 Å². The maximum atomic E-state index is 13.9. The van der Waals surface area contributed by atoms with Gasteiger partial charge in [-0.3, -0.25) is 4.57 Å². The van der Waals surface area contributed by atoms with Crippen molar-refractivity contribution in [3.63, 3.8) is 0 Å². The Kier molecular flexibility index (Phi) is 12.0. The van der Waals surface area contributed by atoms with Crippen LogP contribution in [0.4, 0.5) is 4.79 Å². The fraction of sp³-hybridized carbons (Fsp3) is 0.231. The lowest BCUT2D eigenvalue weighted by Crippen LogP contribution is -2.39. The summed E-state index contributed by atoms with van der Waals surface area (Å²) in [6.45, 7) is 5.64. The summed E-state index contributed by atoms with van der Waals surface area (Å²) in [5.41, 5.74) is 7.55. The van der Waals surface area contributed by atoms with Crippen molar-refractivity contribution >= 4 is 23.2 Å². The second-order valence-corrected chi connectivity index (χ2v) is 15.8. The molecule has 0 bridgehead atoms. The largest absolute Gasteiger partial charge is 0.511 e. The highest BCUT2D eigenvalue weighted by Gasteiger charge is 2.42. The van der Waals surface area contributed by atoms with Crippen LogP contribution >= 0.6 is 0 Å². The van der Waals surface area contributed by atoms with Gasteiger partial charge in [-0.15, -0.1) is 5.10 Å². The van der Waals surface area contributed by atoms with Crippen LogP contribution in [0.5, 0.6) is 6.01 Å². The molecule has 0 radical (unpaired) electrons. The van der Waals surface area contributed by atoms with Crippen LogP contribution in [0.3, 0.4) is 0 Å². The van der Waals surface area contributed by atoms with E-state index in [-0.39, 0.29) is 11.7 Å². The lowest BCUT2D eigenvalue weighted by atomic mass is 9.77. The molecule has 1 unspecified atom stereocenters. The van der Waals surface area contributed by atoms with Gasteiger partial charge in [0.1, 0.15) is 11.6 Å². The maximum Gasteiger partial charge on any atom is 0.511 e. The van der Waals surface area contributed by atoms with Gasteiger partial charge in [-0.25, -0.2) is 14.3 Å². The van der Waals surface area contributed by atoms with E-state index in [0.29, 0.717) is 35.2 Å². The highest BCUT2D eigenvalue weighted by atomic mass is 16.8. The zero-order valence-corrected chi connectivity index (χ0v) is 36.0. The molecule has 1 atom stereocenters. The molecular weight excluding hydrogens is 805 g/mol. The van der Waals surface area contributed by atoms with Gasteiger partial charge < -0.3 is 18.9 Å². The van der Waals surface area contributed by atoms with E-state index in [4.69, 9.17) is 34.2 Å². The molecule has 2 aromatic heterocycles. The highest BCUT2D eigenvalue weighted by molar-refractivity contribution is 6.04. The number of aryl methyl sites for hydroxylation is 1. The zero-order valence-electron chi connectivity index (χ0n) is 36.0. The van der Waals surface area contributed by atoms with Crippen molar-refractivity contribution in [2.45, 2.75) is 70.8 Å². The van der Waals surface area contributed by atoms with Gasteiger partial charge in [0.2, 0.25) is 6.29 Å². The van der Waals surface area contributed by atoms with Crippen LogP contribution in [0.15, 0.2) is 152 Å². The Bertz CT molecular complexity index is 2780. The van der Waals surface area contributed by atoms with Crippen molar-refractivity contribution in [1.29, 1.82) is 0 Å². The summed E-state index contributed by atoms with van der Waals surface area (Å²) in [6, 6.07) is 50.8. The lowest BCUT2D eigenvalue weighted by molar-refractivity contribution is -0.0914. The second kappa shape index (κ2) is 18.4. The smallest absolute Gasteiger partial charge is 0.465 e. The molecule has 6 aromatic carbocycles. The Labute approximate surface area is 371 Å². The number of nitrogens with zero attached hydrogens (tertiary/aromatic N) is 6. The summed E-state index contributed by atoms with van der Waals surface area (Å²) in [7, 11) is 0. The number of carbonyl (C=O) groups is 2. The standard InChI is InChI=1S/C52H48N6O6/c1-4-61-50-53-46-35(2)29-34-45(49(59)62-36(3)63-51(60)64-42-25-15-8-16-26-42)47(46)57(50)41-32-30-37(31-33-41)43-27-17-18-28-44(43)48-54-55-56-58(48)52(38-19-9-5-10-20-38,39-21-11-6-12-22-39)40-23-13-7-14-24-40/h5-7,9-14,17-24,27-34,36,42H,4,8,15-16,25-26H2,1-3H3. The van der Waals surface area contributed by atoms with E-state index in [1.807, 2.05) is 126 Å².